The van der Waals surface area contributed by atoms with Crippen LogP contribution >= 0.6 is 22.6 Å². The number of carbonyl (C=O) groups excluding carboxylic acids is 2. The van der Waals surface area contributed by atoms with Gasteiger partial charge < -0.3 is 20.3 Å². The van der Waals surface area contributed by atoms with Gasteiger partial charge >= 0.3 is 5.97 Å². The highest BCUT2D eigenvalue weighted by molar-refractivity contribution is 14.1. The largest absolute Gasteiger partial charge is 0.454 e. The molecule has 2 aromatic carbocycles. The number of aromatic nitrogens is 2. The van der Waals surface area contributed by atoms with Crippen LogP contribution in [0, 0.1) is 27.9 Å². The molecule has 1 saturated heterocycles. The van der Waals surface area contributed by atoms with E-state index in [2.05, 4.69) is 20.8 Å². The summed E-state index contributed by atoms with van der Waals surface area (Å²) in [5.74, 6) is -3.79. The summed E-state index contributed by atoms with van der Waals surface area (Å²) in [6.45, 7) is 3.30. The van der Waals surface area contributed by atoms with E-state index >= 15 is 0 Å². The fraction of sp³-hybridized carbons (Fsp3) is 0.261. The maximum Gasteiger partial charge on any atom is 0.303 e. The molecule has 1 amide bonds. The molecule has 2 heterocycles. The number of hydrogen-bond acceptors (Lipinski definition) is 6. The molecule has 0 spiro atoms. The quantitative estimate of drug-likeness (QED) is 0.276. The molecule has 3 aromatic rings. The molecule has 12 heteroatoms. The van der Waals surface area contributed by atoms with Crippen molar-refractivity contribution in [3.05, 3.63) is 68.7 Å². The summed E-state index contributed by atoms with van der Waals surface area (Å²) in [6, 6.07) is 7.90. The normalized spacial score (nSPS) is 14.3. The third kappa shape index (κ3) is 5.36. The number of amides is 1. The molecule has 4 rings (SSSR count). The Morgan fingerprint density at radius 1 is 1.17 bits per heavy atom. The minimum absolute atomic E-state index is 0.0121. The van der Waals surface area contributed by atoms with Crippen LogP contribution in [0.15, 0.2) is 36.4 Å². The minimum atomic E-state index is -1.31. The number of H-pyrrole nitrogens is 1. The van der Waals surface area contributed by atoms with Crippen molar-refractivity contribution in [2.45, 2.75) is 19.4 Å². The van der Waals surface area contributed by atoms with E-state index in [1.807, 2.05) is 29.5 Å². The van der Waals surface area contributed by atoms with Crippen LogP contribution in [0.25, 0.3) is 0 Å². The van der Waals surface area contributed by atoms with Crippen molar-refractivity contribution < 1.29 is 27.5 Å². The molecule has 0 unspecified atom stereocenters. The van der Waals surface area contributed by atoms with E-state index in [0.717, 1.165) is 17.8 Å². The highest BCUT2D eigenvalue weighted by Gasteiger charge is 2.49. The number of esters is 1. The van der Waals surface area contributed by atoms with Gasteiger partial charge in [-0.3, -0.25) is 14.7 Å². The van der Waals surface area contributed by atoms with E-state index in [9.17, 15) is 22.8 Å². The number of aryl methyl sites for hydroxylation is 1. The molecule has 1 aromatic heterocycles. The number of likely N-dealkylation sites (tertiary alicyclic amines) is 1. The van der Waals surface area contributed by atoms with Crippen LogP contribution in [-0.4, -0.2) is 52.2 Å². The lowest BCUT2D eigenvalue weighted by Gasteiger charge is -2.48. The molecule has 0 saturated carbocycles. The lowest BCUT2D eigenvalue weighted by Crippen LogP contribution is -2.68. The second kappa shape index (κ2) is 9.76. The number of ether oxygens (including phenoxy) is 1. The van der Waals surface area contributed by atoms with E-state index in [-0.39, 0.29) is 30.9 Å². The molecular formula is C23H21F3IN5O3. The van der Waals surface area contributed by atoms with Gasteiger partial charge in [-0.2, -0.15) is 5.10 Å². The molecule has 184 valence electrons. The number of nitrogens with one attached hydrogen (secondary N) is 3. The number of rotatable bonds is 7. The Labute approximate surface area is 212 Å². The number of halogens is 4. The molecule has 1 fully saturated rings. The van der Waals surface area contributed by atoms with Crippen LogP contribution in [-0.2, 0) is 9.53 Å². The summed E-state index contributed by atoms with van der Waals surface area (Å²) in [7, 11) is 0. The van der Waals surface area contributed by atoms with Gasteiger partial charge in [0.1, 0.15) is 11.6 Å². The van der Waals surface area contributed by atoms with Crippen LogP contribution in [0.3, 0.4) is 0 Å². The standard InChI is InChI=1S/C23H21F3IN5O3/c1-12-7-19(31-30-12)28-9-23(35-13(2)33)10-32(11-23)22(34)15-4-5-16(24)20(26)21(15)29-18-6-3-14(27)8-17(18)25/h3-8,29H,9-11H2,1-2H3,(H2,28,30,31). The van der Waals surface area contributed by atoms with Crippen LogP contribution in [0.5, 0.6) is 0 Å². The van der Waals surface area contributed by atoms with Crippen molar-refractivity contribution >= 4 is 51.7 Å². The van der Waals surface area contributed by atoms with Crippen LogP contribution < -0.4 is 10.6 Å². The smallest absolute Gasteiger partial charge is 0.303 e. The molecule has 35 heavy (non-hydrogen) atoms. The number of benzene rings is 2. The summed E-state index contributed by atoms with van der Waals surface area (Å²) < 4.78 is 49.2. The van der Waals surface area contributed by atoms with E-state index in [4.69, 9.17) is 4.74 Å². The zero-order valence-corrected chi connectivity index (χ0v) is 20.9. The van der Waals surface area contributed by atoms with E-state index in [1.165, 1.54) is 24.0 Å². The Hall–Kier alpha value is -3.29. The molecule has 1 aliphatic rings. The number of aromatic amines is 1. The van der Waals surface area contributed by atoms with Crippen molar-refractivity contribution in [1.29, 1.82) is 0 Å². The Morgan fingerprint density at radius 3 is 2.54 bits per heavy atom. The van der Waals surface area contributed by atoms with Crippen LogP contribution in [0.2, 0.25) is 0 Å². The molecule has 0 radical (unpaired) electrons. The second-order valence-corrected chi connectivity index (χ2v) is 9.51. The highest BCUT2D eigenvalue weighted by atomic mass is 127. The Balaban J connectivity index is 1.55. The lowest BCUT2D eigenvalue weighted by molar-refractivity contribution is -0.170. The van der Waals surface area contributed by atoms with Crippen molar-refractivity contribution in [1.82, 2.24) is 15.1 Å². The fourth-order valence-corrected chi connectivity index (χ4v) is 4.27. The van der Waals surface area contributed by atoms with Gasteiger partial charge in [0.05, 0.1) is 36.6 Å². The van der Waals surface area contributed by atoms with Crippen LogP contribution in [0.1, 0.15) is 23.0 Å². The minimum Gasteiger partial charge on any atom is -0.454 e. The first-order chi connectivity index (χ1) is 16.6. The summed E-state index contributed by atoms with van der Waals surface area (Å²) in [5, 5.41) is 12.4. The number of hydrogen-bond donors (Lipinski definition) is 3. The van der Waals surface area contributed by atoms with E-state index in [0.29, 0.717) is 9.39 Å². The van der Waals surface area contributed by atoms with Gasteiger partial charge in [0, 0.05) is 22.3 Å². The van der Waals surface area contributed by atoms with Gasteiger partial charge in [-0.15, -0.1) is 0 Å². The molecule has 3 N–H and O–H groups in total. The lowest BCUT2D eigenvalue weighted by atomic mass is 9.92. The molecule has 8 nitrogen and oxygen atoms in total. The van der Waals surface area contributed by atoms with E-state index in [1.54, 1.807) is 12.1 Å². The van der Waals surface area contributed by atoms with Crippen molar-refractivity contribution in [3.8, 4) is 0 Å². The van der Waals surface area contributed by atoms with E-state index < -0.39 is 40.6 Å². The number of anilines is 3. The number of carbonyl (C=O) groups is 2. The first-order valence-electron chi connectivity index (χ1n) is 10.5. The maximum absolute atomic E-state index is 14.7. The van der Waals surface area contributed by atoms with Crippen molar-refractivity contribution in [2.75, 3.05) is 30.3 Å². The Bertz CT molecular complexity index is 1290. The molecule has 0 aliphatic carbocycles. The average Bonchev–Trinajstić information content (AvgIpc) is 3.19. The highest BCUT2D eigenvalue weighted by Crippen LogP contribution is 2.33. The van der Waals surface area contributed by atoms with Crippen molar-refractivity contribution in [3.63, 3.8) is 0 Å². The molecule has 0 bridgehead atoms. The number of nitrogens with zero attached hydrogens (tertiary/aromatic N) is 2. The summed E-state index contributed by atoms with van der Waals surface area (Å²) in [4.78, 5) is 26.2. The van der Waals surface area contributed by atoms with Crippen molar-refractivity contribution in [2.24, 2.45) is 0 Å². The first kappa shape index (κ1) is 24.8. The van der Waals surface area contributed by atoms with Crippen LogP contribution in [0.4, 0.5) is 30.4 Å². The third-order valence-corrected chi connectivity index (χ3v) is 6.09. The van der Waals surface area contributed by atoms with Gasteiger partial charge in [-0.25, -0.2) is 13.2 Å². The summed E-state index contributed by atoms with van der Waals surface area (Å²) >= 11 is 1.92. The summed E-state index contributed by atoms with van der Waals surface area (Å²) in [5.41, 5.74) is -0.968. The predicted octanol–water partition coefficient (Wildman–Crippen LogP) is 4.35. The van der Waals surface area contributed by atoms with Gasteiger partial charge in [-0.05, 0) is 59.8 Å². The molecule has 0 atom stereocenters. The van der Waals surface area contributed by atoms with Gasteiger partial charge in [0.2, 0.25) is 0 Å². The Morgan fingerprint density at radius 2 is 1.91 bits per heavy atom. The van der Waals surface area contributed by atoms with Gasteiger partial charge in [0.15, 0.2) is 17.2 Å². The molecular weight excluding hydrogens is 578 g/mol. The van der Waals surface area contributed by atoms with Gasteiger partial charge in [-0.1, -0.05) is 0 Å². The monoisotopic (exact) mass is 599 g/mol. The zero-order chi connectivity index (χ0) is 25.3. The first-order valence-corrected chi connectivity index (χ1v) is 11.6. The zero-order valence-electron chi connectivity index (χ0n) is 18.7. The fourth-order valence-electron chi connectivity index (χ4n) is 3.82. The third-order valence-electron chi connectivity index (χ3n) is 5.42. The average molecular weight is 599 g/mol. The second-order valence-electron chi connectivity index (χ2n) is 8.26. The topological polar surface area (TPSA) is 99.3 Å². The molecule has 1 aliphatic heterocycles. The predicted molar refractivity (Wildman–Crippen MR) is 131 cm³/mol. The summed E-state index contributed by atoms with van der Waals surface area (Å²) in [6.07, 6.45) is 0. The maximum atomic E-state index is 14.7. The SMILES string of the molecule is CC(=O)OC1(CNc2cc(C)[nH]n2)CN(C(=O)c2ccc(F)c(F)c2Nc2ccc(I)cc2F)C1. The Kier molecular flexibility index (Phi) is 6.92. The van der Waals surface area contributed by atoms with Gasteiger partial charge in [0.25, 0.3) is 5.91 Å².